The fourth-order valence-electron chi connectivity index (χ4n) is 1.44. The Morgan fingerprint density at radius 1 is 0.933 bits per heavy atom. The minimum atomic E-state index is -4.42. The number of halogens is 6. The summed E-state index contributed by atoms with van der Waals surface area (Å²) in [5.41, 5.74) is -0.457. The van der Waals surface area contributed by atoms with Crippen molar-refractivity contribution in [3.05, 3.63) is 31.0 Å². The molecule has 0 spiro atoms. The summed E-state index contributed by atoms with van der Waals surface area (Å²) in [5, 5.41) is 0. The van der Waals surface area contributed by atoms with E-state index in [1.54, 1.807) is 0 Å². The van der Waals surface area contributed by atoms with E-state index in [0.717, 1.165) is 0 Å². The molecule has 0 aromatic heterocycles. The van der Waals surface area contributed by atoms with Gasteiger partial charge in [-0.3, -0.25) is 0 Å². The van der Waals surface area contributed by atoms with Gasteiger partial charge in [-0.15, -0.1) is 0 Å². The average molecular weight is 702 g/mol. The summed E-state index contributed by atoms with van der Waals surface area (Å²) in [5.74, 6) is -2.37. The first-order chi connectivity index (χ1) is 13.1. The van der Waals surface area contributed by atoms with Gasteiger partial charge in [-0.2, -0.15) is 8.78 Å². The topological polar surface area (TPSA) is 71.1 Å². The third-order valence-electron chi connectivity index (χ3n) is 3.10. The molecule has 0 aromatic carbocycles. The molecule has 0 saturated heterocycles. The minimum Gasteiger partial charge on any atom is -0.452 e. The molecule has 6 nitrogen and oxygen atoms in total. The number of ether oxygens (including phenoxy) is 4. The van der Waals surface area contributed by atoms with Gasteiger partial charge in [0.05, 0.1) is 13.2 Å². The van der Waals surface area contributed by atoms with Crippen LogP contribution in [0, 0.1) is 6.67 Å². The summed E-state index contributed by atoms with van der Waals surface area (Å²) >= 11 is 0. The quantitative estimate of drug-likeness (QED) is 0.126. The predicted molar refractivity (Wildman–Crippen MR) is 87.2 cm³/mol. The maximum Gasteiger partial charge on any atom is 0.386 e. The average Bonchev–Trinajstić information content (AvgIpc) is 2.61. The van der Waals surface area contributed by atoms with Gasteiger partial charge in [0.15, 0.2) is 18.4 Å². The molecular formula is C17H21F6O6Rf-. The van der Waals surface area contributed by atoms with Crippen LogP contribution in [0.15, 0.2) is 24.3 Å². The van der Waals surface area contributed by atoms with E-state index in [0.29, 0.717) is 6.92 Å². The number of carbonyl (C=O) groups is 2. The Morgan fingerprint density at radius 3 is 1.60 bits per heavy atom. The first kappa shape index (κ1) is 29.1. The number of carbonyl (C=O) groups excluding carboxylic acids is 2. The van der Waals surface area contributed by atoms with Crippen molar-refractivity contribution in [2.24, 2.45) is 0 Å². The van der Waals surface area contributed by atoms with Crippen molar-refractivity contribution in [1.82, 2.24) is 0 Å². The zero-order valence-electron chi connectivity index (χ0n) is 16.6. The van der Waals surface area contributed by atoms with E-state index >= 15 is 0 Å². The van der Waals surface area contributed by atoms with E-state index in [1.165, 1.54) is 13.8 Å². The smallest absolute Gasteiger partial charge is 0.386 e. The van der Waals surface area contributed by atoms with Gasteiger partial charge in [0.25, 0.3) is 6.11 Å². The molecular weight excluding hydrogens is 681 g/mol. The first-order valence-electron chi connectivity index (χ1n) is 7.98. The molecule has 0 saturated carbocycles. The second-order valence-corrected chi connectivity index (χ2v) is 5.92. The zero-order valence-corrected chi connectivity index (χ0v) is 23.0. The molecule has 3 atom stereocenters. The van der Waals surface area contributed by atoms with Crippen LogP contribution in [-0.2, 0) is 28.5 Å². The maximum absolute atomic E-state index is 13.4. The van der Waals surface area contributed by atoms with Gasteiger partial charge in [0.2, 0.25) is 0 Å². The third kappa shape index (κ3) is 9.92. The summed E-state index contributed by atoms with van der Waals surface area (Å²) < 4.78 is 95.4. The molecule has 0 aliphatic heterocycles. The van der Waals surface area contributed by atoms with E-state index < -0.39 is 62.4 Å². The zero-order chi connectivity index (χ0) is 23.0. The van der Waals surface area contributed by atoms with Gasteiger partial charge in [0.1, 0.15) is 0 Å². The standard InChI is InChI=1S/C17H21F6O6.Rf/c1-9(2)14(24)28-12(6-26-16(20,21)8-18)13(29-15(25)10(3)4)7-27-17(22,23)11(5)19;/h8,11-13H,1,3,6-7H2,2,4-5H3;/q-1;. The number of hydrogen-bond acceptors (Lipinski definition) is 6. The second-order valence-electron chi connectivity index (χ2n) is 5.92. The Hall–Kier alpha value is -3.08. The van der Waals surface area contributed by atoms with Gasteiger partial charge >= 0.3 is 18.0 Å². The molecule has 3 unspecified atom stereocenters. The van der Waals surface area contributed by atoms with Crippen LogP contribution in [0.4, 0.5) is 26.3 Å². The van der Waals surface area contributed by atoms with Crippen LogP contribution >= 0.6 is 0 Å². The van der Waals surface area contributed by atoms with Crippen molar-refractivity contribution in [2.45, 2.75) is 51.4 Å². The van der Waals surface area contributed by atoms with Crippen molar-refractivity contribution in [2.75, 3.05) is 13.2 Å². The monoisotopic (exact) mass is 702 g/mol. The van der Waals surface area contributed by atoms with Gasteiger partial charge in [0, 0.05) is 11.1 Å². The molecule has 0 aliphatic carbocycles. The summed E-state index contributed by atoms with van der Waals surface area (Å²) in [6.07, 6.45) is -15.5. The Morgan fingerprint density at radius 2 is 1.30 bits per heavy atom. The molecule has 0 rings (SSSR count). The predicted octanol–water partition coefficient (Wildman–Crippen LogP) is 3.67. The Kier molecular flexibility index (Phi) is 11.5. The molecule has 30 heavy (non-hydrogen) atoms. The van der Waals surface area contributed by atoms with Crippen LogP contribution in [0.25, 0.3) is 0 Å². The van der Waals surface area contributed by atoms with Crippen LogP contribution in [0.5, 0.6) is 0 Å². The summed E-state index contributed by atoms with van der Waals surface area (Å²) in [7, 11) is 0. The summed E-state index contributed by atoms with van der Waals surface area (Å²) in [4.78, 5) is 23.5. The van der Waals surface area contributed by atoms with Gasteiger partial charge < -0.3 is 23.3 Å². The molecule has 0 heterocycles. The first-order valence-corrected chi connectivity index (χ1v) is 7.98. The van der Waals surface area contributed by atoms with Crippen molar-refractivity contribution < 1.29 is 54.9 Å². The Balaban J connectivity index is 0. The molecule has 0 radical (unpaired) electrons. The second kappa shape index (κ2) is 11.8. The number of rotatable bonds is 13. The molecule has 0 fully saturated rings. The molecule has 0 N–H and O–H groups in total. The Bertz CT molecular complexity index is 614. The summed E-state index contributed by atoms with van der Waals surface area (Å²) in [6, 6.07) is 0. The van der Waals surface area contributed by atoms with Crippen molar-refractivity contribution >= 4 is 11.9 Å². The maximum atomic E-state index is 13.4. The number of alkyl halides is 5. The normalized spacial score (nSPS) is 14.7. The summed E-state index contributed by atoms with van der Waals surface area (Å²) in [6.45, 7) is 5.60. The van der Waals surface area contributed by atoms with Crippen LogP contribution in [0.1, 0.15) is 20.8 Å². The van der Waals surface area contributed by atoms with Crippen LogP contribution < -0.4 is 0 Å². The Labute approximate surface area is 163 Å². The van der Waals surface area contributed by atoms with Gasteiger partial charge in [-0.1, -0.05) is 19.8 Å². The van der Waals surface area contributed by atoms with Gasteiger partial charge in [-0.25, -0.2) is 22.8 Å². The minimum absolute atomic E-state index is 0. The molecule has 0 bridgehead atoms. The fraction of sp³-hybridized carbons (Fsp3) is 0.588. The third-order valence-corrected chi connectivity index (χ3v) is 3.10. The van der Waals surface area contributed by atoms with Crippen molar-refractivity contribution in [1.29, 1.82) is 0 Å². The van der Waals surface area contributed by atoms with Crippen molar-refractivity contribution in [3.8, 4) is 0 Å². The molecule has 0 aliphatic rings. The van der Waals surface area contributed by atoms with E-state index in [9.17, 15) is 35.9 Å². The van der Waals surface area contributed by atoms with E-state index in [4.69, 9.17) is 9.47 Å². The van der Waals surface area contributed by atoms with Crippen molar-refractivity contribution in [3.63, 3.8) is 0 Å². The SMILES string of the molecule is C=C(C)C(=O)OC(COC(F)(F)[CH-]F)C(COC(F)(F)C(C)F)OC(=O)C(=C)C.[Rf]. The van der Waals surface area contributed by atoms with Crippen LogP contribution in [0.3, 0.4) is 0 Å². The molecule has 170 valence electrons. The fourth-order valence-corrected chi connectivity index (χ4v) is 1.44. The van der Waals surface area contributed by atoms with Crippen LogP contribution in [-0.4, -0.2) is 55.7 Å². The molecule has 0 aromatic rings. The number of esters is 2. The van der Waals surface area contributed by atoms with E-state index in [1.807, 2.05) is 0 Å². The molecule has 0 amide bonds. The van der Waals surface area contributed by atoms with E-state index in [-0.39, 0.29) is 11.1 Å². The number of hydrogen-bond donors (Lipinski definition) is 0. The largest absolute Gasteiger partial charge is 0.452 e. The van der Waals surface area contributed by atoms with Crippen LogP contribution in [0.2, 0.25) is 0 Å². The van der Waals surface area contributed by atoms with E-state index in [2.05, 4.69) is 22.6 Å². The van der Waals surface area contributed by atoms with Gasteiger partial charge in [-0.05, 0) is 20.8 Å². The molecule has 13 heteroatoms.